The van der Waals surface area contributed by atoms with Crippen molar-refractivity contribution in [3.05, 3.63) is 69.8 Å². The van der Waals surface area contributed by atoms with Crippen LogP contribution in [-0.2, 0) is 12.0 Å². The Bertz CT molecular complexity index is 606. The molecule has 0 fully saturated rings. The van der Waals surface area contributed by atoms with E-state index >= 15 is 0 Å². The maximum atomic E-state index is 6.67. The molecular formula is C19H25N. The topological polar surface area (TPSA) is 26.0 Å². The molecule has 1 atom stereocenters. The molecule has 0 radical (unpaired) electrons. The second-order valence-corrected chi connectivity index (χ2v) is 6.00. The Morgan fingerprint density at radius 3 is 2.00 bits per heavy atom. The lowest BCUT2D eigenvalue weighted by molar-refractivity contribution is 0.598. The highest BCUT2D eigenvalue weighted by molar-refractivity contribution is 5.46. The molecule has 2 aromatic carbocycles. The summed E-state index contributed by atoms with van der Waals surface area (Å²) in [5, 5.41) is 0. The lowest BCUT2D eigenvalue weighted by Crippen LogP contribution is -2.35. The highest BCUT2D eigenvalue weighted by atomic mass is 14.7. The van der Waals surface area contributed by atoms with Gasteiger partial charge >= 0.3 is 0 Å². The molecule has 0 saturated carbocycles. The number of benzene rings is 2. The van der Waals surface area contributed by atoms with Crippen LogP contribution in [0.4, 0.5) is 0 Å². The van der Waals surface area contributed by atoms with Crippen molar-refractivity contribution in [1.29, 1.82) is 0 Å². The first-order valence-electron chi connectivity index (χ1n) is 7.33. The van der Waals surface area contributed by atoms with Gasteiger partial charge in [-0.05, 0) is 67.5 Å². The van der Waals surface area contributed by atoms with E-state index in [1.54, 1.807) is 0 Å². The van der Waals surface area contributed by atoms with Crippen LogP contribution in [0.5, 0.6) is 0 Å². The number of rotatable bonds is 3. The van der Waals surface area contributed by atoms with Gasteiger partial charge in [-0.25, -0.2) is 0 Å². The SMILES string of the molecule is CCc1ccc(C(C)(N)c2cc(C)c(C)cc2C)cc1. The van der Waals surface area contributed by atoms with Crippen molar-refractivity contribution in [2.45, 2.75) is 46.6 Å². The highest BCUT2D eigenvalue weighted by Gasteiger charge is 2.25. The van der Waals surface area contributed by atoms with Crippen LogP contribution in [0.25, 0.3) is 0 Å². The van der Waals surface area contributed by atoms with E-state index in [2.05, 4.69) is 71.0 Å². The molecule has 106 valence electrons. The first kappa shape index (κ1) is 14.8. The maximum absolute atomic E-state index is 6.67. The Morgan fingerprint density at radius 1 is 0.900 bits per heavy atom. The summed E-state index contributed by atoms with van der Waals surface area (Å²) in [6.45, 7) is 10.7. The van der Waals surface area contributed by atoms with Gasteiger partial charge in [0.2, 0.25) is 0 Å². The second kappa shape index (κ2) is 5.41. The Kier molecular flexibility index (Phi) is 4.01. The van der Waals surface area contributed by atoms with Crippen molar-refractivity contribution in [1.82, 2.24) is 0 Å². The van der Waals surface area contributed by atoms with Gasteiger partial charge in [0.25, 0.3) is 0 Å². The molecule has 0 amide bonds. The van der Waals surface area contributed by atoms with Crippen LogP contribution in [0.2, 0.25) is 0 Å². The molecule has 0 aliphatic heterocycles. The summed E-state index contributed by atoms with van der Waals surface area (Å²) in [4.78, 5) is 0. The van der Waals surface area contributed by atoms with Gasteiger partial charge in [0.15, 0.2) is 0 Å². The van der Waals surface area contributed by atoms with E-state index in [0.29, 0.717) is 0 Å². The molecule has 0 heterocycles. The van der Waals surface area contributed by atoms with Crippen molar-refractivity contribution in [3.8, 4) is 0 Å². The fourth-order valence-electron chi connectivity index (χ4n) is 2.76. The van der Waals surface area contributed by atoms with Crippen LogP contribution in [-0.4, -0.2) is 0 Å². The van der Waals surface area contributed by atoms with E-state index in [9.17, 15) is 0 Å². The van der Waals surface area contributed by atoms with Gasteiger partial charge < -0.3 is 5.73 Å². The Balaban J connectivity index is 2.50. The van der Waals surface area contributed by atoms with Gasteiger partial charge in [0.1, 0.15) is 0 Å². The summed E-state index contributed by atoms with van der Waals surface area (Å²) in [6, 6.07) is 13.1. The molecule has 1 unspecified atom stereocenters. The molecule has 0 saturated heterocycles. The first-order valence-corrected chi connectivity index (χ1v) is 7.33. The summed E-state index contributed by atoms with van der Waals surface area (Å²) in [5.41, 5.74) is 13.8. The standard InChI is InChI=1S/C19H25N/c1-6-16-7-9-17(10-8-16)19(5,20)18-12-14(3)13(2)11-15(18)4/h7-12H,6,20H2,1-5H3. The third-order valence-corrected chi connectivity index (χ3v) is 4.36. The van der Waals surface area contributed by atoms with Gasteiger partial charge in [0, 0.05) is 0 Å². The molecular weight excluding hydrogens is 242 g/mol. The Labute approximate surface area is 122 Å². The first-order chi connectivity index (χ1) is 9.36. The number of aryl methyl sites for hydroxylation is 4. The fourth-order valence-corrected chi connectivity index (χ4v) is 2.76. The highest BCUT2D eigenvalue weighted by Crippen LogP contribution is 2.31. The molecule has 2 aromatic rings. The van der Waals surface area contributed by atoms with E-state index < -0.39 is 5.54 Å². The molecule has 0 aromatic heterocycles. The number of nitrogens with two attached hydrogens (primary N) is 1. The zero-order chi connectivity index (χ0) is 14.9. The largest absolute Gasteiger partial charge is 0.318 e. The van der Waals surface area contributed by atoms with Gasteiger partial charge in [-0.3, -0.25) is 0 Å². The van der Waals surface area contributed by atoms with E-state index in [0.717, 1.165) is 6.42 Å². The summed E-state index contributed by atoms with van der Waals surface area (Å²) >= 11 is 0. The quantitative estimate of drug-likeness (QED) is 0.876. The average Bonchev–Trinajstić information content (AvgIpc) is 2.42. The zero-order valence-electron chi connectivity index (χ0n) is 13.2. The third kappa shape index (κ3) is 2.64. The molecule has 0 aliphatic rings. The predicted octanol–water partition coefficient (Wildman–Crippen LogP) is 4.40. The zero-order valence-corrected chi connectivity index (χ0v) is 13.2. The van der Waals surface area contributed by atoms with Gasteiger partial charge in [-0.15, -0.1) is 0 Å². The summed E-state index contributed by atoms with van der Waals surface area (Å²) in [7, 11) is 0. The van der Waals surface area contributed by atoms with Crippen LogP contribution in [0, 0.1) is 20.8 Å². The van der Waals surface area contributed by atoms with E-state index in [1.807, 2.05) is 0 Å². The second-order valence-electron chi connectivity index (χ2n) is 6.00. The lowest BCUT2D eigenvalue weighted by atomic mass is 9.81. The van der Waals surface area contributed by atoms with Crippen LogP contribution < -0.4 is 5.73 Å². The van der Waals surface area contributed by atoms with E-state index in [-0.39, 0.29) is 0 Å². The van der Waals surface area contributed by atoms with Gasteiger partial charge in [-0.1, -0.05) is 43.3 Å². The van der Waals surface area contributed by atoms with Crippen LogP contribution in [0.3, 0.4) is 0 Å². The van der Waals surface area contributed by atoms with E-state index in [4.69, 9.17) is 5.73 Å². The van der Waals surface area contributed by atoms with Crippen molar-refractivity contribution >= 4 is 0 Å². The van der Waals surface area contributed by atoms with Crippen molar-refractivity contribution < 1.29 is 0 Å². The minimum Gasteiger partial charge on any atom is -0.318 e. The van der Waals surface area contributed by atoms with Gasteiger partial charge in [0.05, 0.1) is 5.54 Å². The molecule has 1 nitrogen and oxygen atoms in total. The normalized spacial score (nSPS) is 14.1. The smallest absolute Gasteiger partial charge is 0.0639 e. The number of hydrogen-bond acceptors (Lipinski definition) is 1. The van der Waals surface area contributed by atoms with Crippen LogP contribution in [0.1, 0.15) is 47.2 Å². The van der Waals surface area contributed by atoms with Crippen LogP contribution >= 0.6 is 0 Å². The summed E-state index contributed by atoms with van der Waals surface area (Å²) in [5.74, 6) is 0. The fraction of sp³-hybridized carbons (Fsp3) is 0.368. The minimum atomic E-state index is -0.450. The van der Waals surface area contributed by atoms with Crippen molar-refractivity contribution in [3.63, 3.8) is 0 Å². The van der Waals surface area contributed by atoms with Crippen molar-refractivity contribution in [2.24, 2.45) is 5.73 Å². The lowest BCUT2D eigenvalue weighted by Gasteiger charge is -2.29. The molecule has 2 N–H and O–H groups in total. The average molecular weight is 267 g/mol. The molecule has 2 rings (SSSR count). The Hall–Kier alpha value is -1.60. The summed E-state index contributed by atoms with van der Waals surface area (Å²) < 4.78 is 0. The predicted molar refractivity (Wildman–Crippen MR) is 87.1 cm³/mol. The maximum Gasteiger partial charge on any atom is 0.0639 e. The molecule has 0 aliphatic carbocycles. The number of hydrogen-bond donors (Lipinski definition) is 1. The molecule has 1 heteroatoms. The van der Waals surface area contributed by atoms with Gasteiger partial charge in [-0.2, -0.15) is 0 Å². The third-order valence-electron chi connectivity index (χ3n) is 4.36. The van der Waals surface area contributed by atoms with Crippen molar-refractivity contribution in [2.75, 3.05) is 0 Å². The van der Waals surface area contributed by atoms with Crippen LogP contribution in [0.15, 0.2) is 36.4 Å². The minimum absolute atomic E-state index is 0.450. The summed E-state index contributed by atoms with van der Waals surface area (Å²) in [6.07, 6.45) is 1.06. The molecule has 0 spiro atoms. The molecule has 0 bridgehead atoms. The van der Waals surface area contributed by atoms with E-state index in [1.165, 1.54) is 33.4 Å². The Morgan fingerprint density at radius 2 is 1.45 bits per heavy atom. The molecule has 20 heavy (non-hydrogen) atoms. The monoisotopic (exact) mass is 267 g/mol.